The van der Waals surface area contributed by atoms with E-state index in [0.717, 1.165) is 45.2 Å². The first-order valence-corrected chi connectivity index (χ1v) is 10.1. The highest BCUT2D eigenvalue weighted by molar-refractivity contribution is 7.89. The van der Waals surface area contributed by atoms with Crippen LogP contribution in [0.25, 0.3) is 0 Å². The first kappa shape index (κ1) is 19.6. The molecule has 0 aromatic heterocycles. The maximum Gasteiger partial charge on any atom is 0.293 e. The Bertz CT molecular complexity index is 713. The predicted molar refractivity (Wildman–Crippen MR) is 96.6 cm³/mol. The fourth-order valence-electron chi connectivity index (χ4n) is 3.13. The molecule has 0 saturated carbocycles. The largest absolute Gasteiger partial charge is 0.355 e. The lowest BCUT2D eigenvalue weighted by Gasteiger charge is -2.33. The van der Waals surface area contributed by atoms with Crippen LogP contribution in [0.4, 0.5) is 11.4 Å². The van der Waals surface area contributed by atoms with Gasteiger partial charge in [0.05, 0.1) is 42.5 Å². The third-order valence-corrected chi connectivity index (χ3v) is 5.92. The summed E-state index contributed by atoms with van der Waals surface area (Å²) in [5.74, 6) is 0. The summed E-state index contributed by atoms with van der Waals surface area (Å²) in [6.45, 7) is 9.98. The van der Waals surface area contributed by atoms with E-state index in [4.69, 9.17) is 0 Å². The molecule has 1 aliphatic heterocycles. The second-order valence-electron chi connectivity index (χ2n) is 6.67. The number of hydrogen-bond acceptors (Lipinski definition) is 5. The Kier molecular flexibility index (Phi) is 6.36. The van der Waals surface area contributed by atoms with Gasteiger partial charge in [-0.25, -0.2) is 13.1 Å². The summed E-state index contributed by atoms with van der Waals surface area (Å²) >= 11 is 0. The fraction of sp³-hybridized carbons (Fsp3) is 0.625. The Hall–Kier alpha value is -1.71. The van der Waals surface area contributed by atoms with Gasteiger partial charge in [-0.3, -0.25) is 10.1 Å². The van der Waals surface area contributed by atoms with Gasteiger partial charge in [-0.15, -0.1) is 0 Å². The van der Waals surface area contributed by atoms with E-state index < -0.39 is 14.9 Å². The Morgan fingerprint density at radius 2 is 1.96 bits per heavy atom. The molecule has 0 aliphatic carbocycles. The molecule has 0 amide bonds. The van der Waals surface area contributed by atoms with Crippen LogP contribution in [0.15, 0.2) is 23.1 Å². The van der Waals surface area contributed by atoms with Crippen LogP contribution in [0.3, 0.4) is 0 Å². The van der Waals surface area contributed by atoms with E-state index in [1.807, 2.05) is 4.90 Å². The second kappa shape index (κ2) is 8.11. The first-order valence-electron chi connectivity index (χ1n) is 8.64. The minimum absolute atomic E-state index is 0.0770. The molecular formula is C16H27N4O4S+. The van der Waals surface area contributed by atoms with Crippen molar-refractivity contribution in [3.8, 4) is 0 Å². The average Bonchev–Trinajstić information content (AvgIpc) is 2.54. The predicted octanol–water partition coefficient (Wildman–Crippen LogP) is 0.396. The highest BCUT2D eigenvalue weighted by Gasteiger charge is 2.27. The van der Waals surface area contributed by atoms with Gasteiger partial charge in [0.25, 0.3) is 5.69 Å². The van der Waals surface area contributed by atoms with Crippen molar-refractivity contribution in [3.05, 3.63) is 28.3 Å². The number of nitro benzene ring substituents is 1. The van der Waals surface area contributed by atoms with Crippen molar-refractivity contribution < 1.29 is 18.2 Å². The van der Waals surface area contributed by atoms with Crippen LogP contribution in [0, 0.1) is 10.1 Å². The van der Waals surface area contributed by atoms with Gasteiger partial charge in [0.15, 0.2) is 0 Å². The molecule has 0 spiro atoms. The van der Waals surface area contributed by atoms with Crippen molar-refractivity contribution in [2.75, 3.05) is 37.6 Å². The van der Waals surface area contributed by atoms with Crippen molar-refractivity contribution in [2.24, 2.45) is 0 Å². The quantitative estimate of drug-likeness (QED) is 0.534. The smallest absolute Gasteiger partial charge is 0.293 e. The monoisotopic (exact) mass is 371 g/mol. The molecule has 1 aliphatic rings. The van der Waals surface area contributed by atoms with Crippen LogP contribution in [-0.2, 0) is 10.0 Å². The first-order chi connectivity index (χ1) is 11.7. The van der Waals surface area contributed by atoms with E-state index in [1.54, 1.807) is 19.9 Å². The maximum atomic E-state index is 12.3. The van der Waals surface area contributed by atoms with E-state index in [0.29, 0.717) is 5.69 Å². The maximum absolute atomic E-state index is 12.3. The van der Waals surface area contributed by atoms with E-state index in [1.165, 1.54) is 11.0 Å². The molecule has 1 aromatic carbocycles. The lowest BCUT2D eigenvalue weighted by atomic mass is 10.2. The number of quaternary nitrogens is 1. The minimum Gasteiger partial charge on any atom is -0.355 e. The van der Waals surface area contributed by atoms with Gasteiger partial charge in [0.1, 0.15) is 5.69 Å². The standard InChI is InChI=1S/C16H26N4O4S/c1-4-7-18-8-10-19(11-9-18)15-6-5-14(12-16(15)20(21)22)25(23,24)17-13(2)3/h5-6,12-13,17H,4,7-11H2,1-3H3/p+1. The number of benzene rings is 1. The van der Waals surface area contributed by atoms with Crippen molar-refractivity contribution in [1.82, 2.24) is 4.72 Å². The number of nitrogens with zero attached hydrogens (tertiary/aromatic N) is 2. The van der Waals surface area contributed by atoms with Crippen LogP contribution in [0.5, 0.6) is 0 Å². The van der Waals surface area contributed by atoms with Crippen LogP contribution in [-0.4, -0.2) is 52.1 Å². The van der Waals surface area contributed by atoms with E-state index in [2.05, 4.69) is 11.6 Å². The summed E-state index contributed by atoms with van der Waals surface area (Å²) in [5.41, 5.74) is 0.328. The molecule has 1 heterocycles. The number of nitro groups is 1. The van der Waals surface area contributed by atoms with Gasteiger partial charge in [-0.1, -0.05) is 6.92 Å². The van der Waals surface area contributed by atoms with Crippen LogP contribution in [0.1, 0.15) is 27.2 Å². The molecule has 0 bridgehead atoms. The zero-order valence-electron chi connectivity index (χ0n) is 15.0. The van der Waals surface area contributed by atoms with Gasteiger partial charge in [0.2, 0.25) is 10.0 Å². The van der Waals surface area contributed by atoms with Gasteiger partial charge in [-0.05, 0) is 32.4 Å². The molecule has 0 radical (unpaired) electrons. The Morgan fingerprint density at radius 1 is 1.32 bits per heavy atom. The zero-order valence-corrected chi connectivity index (χ0v) is 15.8. The van der Waals surface area contributed by atoms with Gasteiger partial charge < -0.3 is 9.80 Å². The number of rotatable bonds is 7. The van der Waals surface area contributed by atoms with Crippen LogP contribution in [0.2, 0.25) is 0 Å². The molecule has 25 heavy (non-hydrogen) atoms. The molecule has 1 aromatic rings. The van der Waals surface area contributed by atoms with E-state index in [-0.39, 0.29) is 16.6 Å². The molecule has 2 rings (SSSR count). The highest BCUT2D eigenvalue weighted by Crippen LogP contribution is 2.30. The number of hydrogen-bond donors (Lipinski definition) is 2. The molecule has 140 valence electrons. The molecule has 1 saturated heterocycles. The number of piperazine rings is 1. The zero-order chi connectivity index (χ0) is 18.6. The summed E-state index contributed by atoms with van der Waals surface area (Å²) in [5, 5.41) is 11.5. The van der Waals surface area contributed by atoms with Crippen molar-refractivity contribution in [3.63, 3.8) is 0 Å². The summed E-state index contributed by atoms with van der Waals surface area (Å²) < 4.78 is 27.0. The number of nitrogens with one attached hydrogen (secondary N) is 2. The number of anilines is 1. The molecule has 9 heteroatoms. The van der Waals surface area contributed by atoms with Crippen molar-refractivity contribution in [1.29, 1.82) is 0 Å². The van der Waals surface area contributed by atoms with Crippen LogP contribution < -0.4 is 14.5 Å². The highest BCUT2D eigenvalue weighted by atomic mass is 32.2. The Labute approximate surface area is 149 Å². The van der Waals surface area contributed by atoms with Crippen molar-refractivity contribution in [2.45, 2.75) is 38.1 Å². The van der Waals surface area contributed by atoms with Crippen molar-refractivity contribution >= 4 is 21.4 Å². The molecule has 1 fully saturated rings. The van der Waals surface area contributed by atoms with Crippen LogP contribution >= 0.6 is 0 Å². The lowest BCUT2D eigenvalue weighted by Crippen LogP contribution is -3.14. The third-order valence-electron chi connectivity index (χ3n) is 4.26. The normalized spacial score (nSPS) is 16.4. The lowest BCUT2D eigenvalue weighted by molar-refractivity contribution is -0.900. The second-order valence-corrected chi connectivity index (χ2v) is 8.38. The molecule has 8 nitrogen and oxygen atoms in total. The third kappa shape index (κ3) is 4.90. The summed E-state index contributed by atoms with van der Waals surface area (Å²) in [6.07, 6.45) is 1.12. The summed E-state index contributed by atoms with van der Waals surface area (Å²) in [4.78, 5) is 14.4. The Morgan fingerprint density at radius 3 is 2.48 bits per heavy atom. The fourth-order valence-corrected chi connectivity index (χ4v) is 4.40. The van der Waals surface area contributed by atoms with Gasteiger partial charge in [-0.2, -0.15) is 0 Å². The topological polar surface area (TPSA) is 97.0 Å². The van der Waals surface area contributed by atoms with Gasteiger partial charge in [0, 0.05) is 12.1 Å². The molecule has 0 atom stereocenters. The molecular weight excluding hydrogens is 344 g/mol. The number of sulfonamides is 1. The molecule has 2 N–H and O–H groups in total. The summed E-state index contributed by atoms with van der Waals surface area (Å²) in [6, 6.07) is 3.87. The minimum atomic E-state index is -3.76. The molecule has 0 unspecified atom stereocenters. The van der Waals surface area contributed by atoms with E-state index >= 15 is 0 Å². The van der Waals surface area contributed by atoms with E-state index in [9.17, 15) is 18.5 Å². The summed E-state index contributed by atoms with van der Waals surface area (Å²) in [7, 11) is -3.76. The Balaban J connectivity index is 2.27. The SMILES string of the molecule is CCC[NH+]1CCN(c2ccc(S(=O)(=O)NC(C)C)cc2[N+](=O)[O-])CC1. The van der Waals surface area contributed by atoms with Gasteiger partial charge >= 0.3 is 0 Å². The average molecular weight is 371 g/mol.